The van der Waals surface area contributed by atoms with E-state index in [2.05, 4.69) is 15.2 Å². The Labute approximate surface area is 179 Å². The molecule has 1 saturated heterocycles. The Hall–Kier alpha value is -3.39. The monoisotopic (exact) mass is 419 g/mol. The highest BCUT2D eigenvalue weighted by molar-refractivity contribution is 6.11. The van der Waals surface area contributed by atoms with Gasteiger partial charge in [-0.1, -0.05) is 24.3 Å². The number of H-pyrrole nitrogens is 1. The number of imidazole rings is 1. The number of likely N-dealkylation sites (tertiary alicyclic amines) is 1. The van der Waals surface area contributed by atoms with Crippen LogP contribution in [0.5, 0.6) is 0 Å². The van der Waals surface area contributed by atoms with Crippen LogP contribution in [-0.2, 0) is 9.59 Å². The van der Waals surface area contributed by atoms with Crippen molar-refractivity contribution in [2.75, 3.05) is 29.9 Å². The molecular formula is C23H25N5O3. The Bertz CT molecular complexity index is 1210. The second-order valence-electron chi connectivity index (χ2n) is 8.25. The predicted molar refractivity (Wildman–Crippen MR) is 119 cm³/mol. The third kappa shape index (κ3) is 3.42. The molecule has 0 aliphatic carbocycles. The van der Waals surface area contributed by atoms with Crippen LogP contribution in [0, 0.1) is 0 Å². The normalized spacial score (nSPS) is 18.6. The summed E-state index contributed by atoms with van der Waals surface area (Å²) in [6.45, 7) is 3.35. The first kappa shape index (κ1) is 19.6. The number of para-hydroxylation sites is 4. The fourth-order valence-electron chi connectivity index (χ4n) is 4.78. The number of piperidine rings is 1. The summed E-state index contributed by atoms with van der Waals surface area (Å²) >= 11 is 0. The SMILES string of the molecule is CC(C(=O)N1CC(=O)Nc2ccccc21)N1CCC(n2c(=O)[nH]c3ccccc32)CC1. The first-order valence-corrected chi connectivity index (χ1v) is 10.7. The van der Waals surface area contributed by atoms with E-state index in [9.17, 15) is 14.4 Å². The average molecular weight is 419 g/mol. The lowest BCUT2D eigenvalue weighted by atomic mass is 10.0. The summed E-state index contributed by atoms with van der Waals surface area (Å²) in [6, 6.07) is 14.9. The van der Waals surface area contributed by atoms with Gasteiger partial charge < -0.3 is 10.3 Å². The van der Waals surface area contributed by atoms with E-state index < -0.39 is 0 Å². The first-order valence-electron chi connectivity index (χ1n) is 10.7. The first-order chi connectivity index (χ1) is 15.0. The smallest absolute Gasteiger partial charge is 0.323 e. The molecule has 8 heteroatoms. The van der Waals surface area contributed by atoms with Gasteiger partial charge in [0, 0.05) is 19.1 Å². The van der Waals surface area contributed by atoms with Crippen molar-refractivity contribution in [3.63, 3.8) is 0 Å². The molecule has 160 valence electrons. The number of nitrogens with one attached hydrogen (secondary N) is 2. The molecule has 1 fully saturated rings. The molecule has 3 heterocycles. The van der Waals surface area contributed by atoms with Gasteiger partial charge in [0.15, 0.2) is 0 Å². The van der Waals surface area contributed by atoms with Crippen LogP contribution in [0.1, 0.15) is 25.8 Å². The Morgan fingerprint density at radius 2 is 1.74 bits per heavy atom. The number of fused-ring (bicyclic) bond motifs is 2. The number of anilines is 2. The molecule has 2 amide bonds. The number of aromatic amines is 1. The standard InChI is InChI=1S/C23H25N5O3/c1-15(22(30)27-14-21(29)24-17-6-2-4-8-19(17)27)26-12-10-16(11-13-26)28-20-9-5-3-7-18(20)25-23(28)31/h2-9,15-16H,10-14H2,1H3,(H,24,29)(H,25,31). The maximum absolute atomic E-state index is 13.3. The van der Waals surface area contributed by atoms with Crippen molar-refractivity contribution in [1.29, 1.82) is 0 Å². The number of carbonyl (C=O) groups is 2. The average Bonchev–Trinajstić information content (AvgIpc) is 3.13. The molecule has 1 unspecified atom stereocenters. The van der Waals surface area contributed by atoms with Crippen LogP contribution < -0.4 is 15.9 Å². The van der Waals surface area contributed by atoms with E-state index in [-0.39, 0.29) is 36.1 Å². The summed E-state index contributed by atoms with van der Waals surface area (Å²) < 4.78 is 1.85. The molecule has 2 aliphatic heterocycles. The van der Waals surface area contributed by atoms with Crippen LogP contribution in [0.3, 0.4) is 0 Å². The zero-order chi connectivity index (χ0) is 21.5. The van der Waals surface area contributed by atoms with Gasteiger partial charge in [-0.2, -0.15) is 0 Å². The number of hydrogen-bond acceptors (Lipinski definition) is 4. The van der Waals surface area contributed by atoms with Crippen molar-refractivity contribution in [2.24, 2.45) is 0 Å². The van der Waals surface area contributed by atoms with E-state index in [1.165, 1.54) is 0 Å². The topological polar surface area (TPSA) is 90.4 Å². The highest BCUT2D eigenvalue weighted by atomic mass is 16.2. The number of nitrogens with zero attached hydrogens (tertiary/aromatic N) is 3. The fraction of sp³-hybridized carbons (Fsp3) is 0.348. The number of rotatable bonds is 3. The van der Waals surface area contributed by atoms with Gasteiger partial charge in [0.05, 0.1) is 28.5 Å². The molecule has 2 aliphatic rings. The van der Waals surface area contributed by atoms with Crippen LogP contribution in [0.15, 0.2) is 53.3 Å². The third-order valence-corrected chi connectivity index (χ3v) is 6.43. The Balaban J connectivity index is 1.31. The highest BCUT2D eigenvalue weighted by Gasteiger charge is 2.34. The molecule has 8 nitrogen and oxygen atoms in total. The van der Waals surface area contributed by atoms with Crippen molar-refractivity contribution in [3.8, 4) is 0 Å². The quantitative estimate of drug-likeness (QED) is 0.682. The number of hydrogen-bond donors (Lipinski definition) is 2. The summed E-state index contributed by atoms with van der Waals surface area (Å²) in [6.07, 6.45) is 1.58. The molecule has 2 N–H and O–H groups in total. The second kappa shape index (κ2) is 7.70. The van der Waals surface area contributed by atoms with Gasteiger partial charge in [-0.15, -0.1) is 0 Å². The van der Waals surface area contributed by atoms with Crippen molar-refractivity contribution in [1.82, 2.24) is 14.5 Å². The van der Waals surface area contributed by atoms with E-state index in [4.69, 9.17) is 0 Å². The third-order valence-electron chi connectivity index (χ3n) is 6.43. The summed E-state index contributed by atoms with van der Waals surface area (Å²) in [4.78, 5) is 44.6. The second-order valence-corrected chi connectivity index (χ2v) is 8.25. The molecule has 3 aromatic rings. The van der Waals surface area contributed by atoms with Crippen LogP contribution >= 0.6 is 0 Å². The van der Waals surface area contributed by atoms with Gasteiger partial charge in [-0.05, 0) is 44.0 Å². The summed E-state index contributed by atoms with van der Waals surface area (Å²) in [5.74, 6) is -0.262. The minimum atomic E-state index is -0.348. The van der Waals surface area contributed by atoms with Crippen LogP contribution in [0.25, 0.3) is 11.0 Å². The van der Waals surface area contributed by atoms with E-state index in [1.54, 1.807) is 4.90 Å². The van der Waals surface area contributed by atoms with Gasteiger partial charge in [-0.25, -0.2) is 4.79 Å². The molecule has 0 radical (unpaired) electrons. The summed E-state index contributed by atoms with van der Waals surface area (Å²) in [5.41, 5.74) is 3.09. The van der Waals surface area contributed by atoms with Gasteiger partial charge >= 0.3 is 5.69 Å². The maximum atomic E-state index is 13.3. The minimum Gasteiger partial charge on any atom is -0.323 e. The lowest BCUT2D eigenvalue weighted by molar-refractivity contribution is -0.125. The molecule has 0 saturated carbocycles. The number of amides is 2. The number of benzene rings is 2. The largest absolute Gasteiger partial charge is 0.326 e. The van der Waals surface area contributed by atoms with Crippen molar-refractivity contribution in [2.45, 2.75) is 31.8 Å². The van der Waals surface area contributed by atoms with E-state index in [0.717, 1.165) is 29.6 Å². The molecular weight excluding hydrogens is 394 g/mol. The molecule has 5 rings (SSSR count). The molecule has 0 spiro atoms. The van der Waals surface area contributed by atoms with E-state index in [0.29, 0.717) is 18.8 Å². The van der Waals surface area contributed by atoms with Crippen molar-refractivity contribution in [3.05, 3.63) is 59.0 Å². The Morgan fingerprint density at radius 1 is 1.03 bits per heavy atom. The lowest BCUT2D eigenvalue weighted by Gasteiger charge is -2.38. The van der Waals surface area contributed by atoms with Gasteiger partial charge in [0.1, 0.15) is 6.54 Å². The van der Waals surface area contributed by atoms with Gasteiger partial charge in [0.25, 0.3) is 0 Å². The van der Waals surface area contributed by atoms with E-state index >= 15 is 0 Å². The maximum Gasteiger partial charge on any atom is 0.326 e. The molecule has 0 bridgehead atoms. The summed E-state index contributed by atoms with van der Waals surface area (Å²) in [5, 5.41) is 2.82. The zero-order valence-electron chi connectivity index (χ0n) is 17.4. The minimum absolute atomic E-state index is 0.0292. The van der Waals surface area contributed by atoms with Crippen LogP contribution in [-0.4, -0.2) is 51.9 Å². The zero-order valence-corrected chi connectivity index (χ0v) is 17.4. The van der Waals surface area contributed by atoms with Gasteiger partial charge in [-0.3, -0.25) is 24.0 Å². The van der Waals surface area contributed by atoms with Gasteiger partial charge in [0.2, 0.25) is 11.8 Å². The summed E-state index contributed by atoms with van der Waals surface area (Å²) in [7, 11) is 0. The Morgan fingerprint density at radius 3 is 2.55 bits per heavy atom. The molecule has 31 heavy (non-hydrogen) atoms. The molecule has 1 atom stereocenters. The molecule has 1 aromatic heterocycles. The Kier molecular flexibility index (Phi) is 4.86. The van der Waals surface area contributed by atoms with Crippen molar-refractivity contribution >= 4 is 34.2 Å². The van der Waals surface area contributed by atoms with Crippen LogP contribution in [0.4, 0.5) is 11.4 Å². The lowest BCUT2D eigenvalue weighted by Crippen LogP contribution is -2.53. The molecule has 2 aromatic carbocycles. The highest BCUT2D eigenvalue weighted by Crippen LogP contribution is 2.31. The number of aromatic nitrogens is 2. The van der Waals surface area contributed by atoms with Crippen molar-refractivity contribution < 1.29 is 9.59 Å². The number of carbonyl (C=O) groups excluding carboxylic acids is 2. The predicted octanol–water partition coefficient (Wildman–Crippen LogP) is 2.34. The van der Waals surface area contributed by atoms with Crippen LogP contribution in [0.2, 0.25) is 0 Å². The van der Waals surface area contributed by atoms with E-state index in [1.807, 2.05) is 60.0 Å². The fourth-order valence-corrected chi connectivity index (χ4v) is 4.78.